The van der Waals surface area contributed by atoms with Gasteiger partial charge in [-0.25, -0.2) is 0 Å². The van der Waals surface area contributed by atoms with Crippen molar-refractivity contribution in [3.63, 3.8) is 0 Å². The molecule has 1 aromatic rings. The number of carbonyl (C=O) groups excluding carboxylic acids is 2. The minimum Gasteiger partial charge on any atom is -0.494 e. The molecule has 0 bridgehead atoms. The Morgan fingerprint density at radius 3 is 1.97 bits per heavy atom. The number of halogens is 1. The van der Waals surface area contributed by atoms with Crippen molar-refractivity contribution in [2.75, 3.05) is 13.7 Å². The van der Waals surface area contributed by atoms with Crippen LogP contribution in [-0.4, -0.2) is 30.1 Å². The highest BCUT2D eigenvalue weighted by Gasteiger charge is 2.48. The van der Waals surface area contributed by atoms with Crippen LogP contribution in [0.4, 0.5) is 0 Å². The maximum atomic E-state index is 13.5. The van der Waals surface area contributed by atoms with Crippen LogP contribution in [0.25, 0.3) is 0 Å². The van der Waals surface area contributed by atoms with E-state index < -0.39 is 5.92 Å². The Morgan fingerprint density at radius 1 is 0.968 bits per heavy atom. The Labute approximate surface area is 190 Å². The monoisotopic (exact) mass is 441 g/mol. The van der Waals surface area contributed by atoms with Gasteiger partial charge in [-0.3, -0.25) is 9.59 Å². The van der Waals surface area contributed by atoms with E-state index >= 15 is 0 Å². The number of allylic oxidation sites excluding steroid dienone is 4. The number of benzene rings is 1. The largest absolute Gasteiger partial charge is 0.494 e. The zero-order valence-electron chi connectivity index (χ0n) is 19.4. The summed E-state index contributed by atoms with van der Waals surface area (Å²) in [5, 5.41) is 0.578. The maximum Gasteiger partial charge on any atom is 0.162 e. The highest BCUT2D eigenvalue weighted by molar-refractivity contribution is 6.30. The van der Waals surface area contributed by atoms with E-state index in [-0.39, 0.29) is 22.4 Å². The van der Waals surface area contributed by atoms with E-state index in [0.717, 1.165) is 40.9 Å². The molecule has 31 heavy (non-hydrogen) atoms. The van der Waals surface area contributed by atoms with Crippen LogP contribution in [0, 0.1) is 10.8 Å². The van der Waals surface area contributed by atoms with Crippen LogP contribution >= 0.6 is 11.6 Å². The predicted molar refractivity (Wildman–Crippen MR) is 123 cm³/mol. The zero-order valence-corrected chi connectivity index (χ0v) is 20.2. The Bertz CT molecular complexity index is 977. The second kappa shape index (κ2) is 7.51. The fourth-order valence-electron chi connectivity index (χ4n) is 5.51. The average molecular weight is 442 g/mol. The molecule has 3 aliphatic rings. The minimum atomic E-state index is -0.423. The molecule has 4 nitrogen and oxygen atoms in total. The summed E-state index contributed by atoms with van der Waals surface area (Å²) < 4.78 is 5.94. The Balaban J connectivity index is 2.01. The van der Waals surface area contributed by atoms with Gasteiger partial charge in [0, 0.05) is 58.9 Å². The van der Waals surface area contributed by atoms with Crippen LogP contribution in [0.1, 0.15) is 71.8 Å². The van der Waals surface area contributed by atoms with Crippen molar-refractivity contribution < 1.29 is 14.3 Å². The van der Waals surface area contributed by atoms with Crippen molar-refractivity contribution in [2.24, 2.45) is 10.8 Å². The second-order valence-electron chi connectivity index (χ2n) is 10.7. The summed E-state index contributed by atoms with van der Waals surface area (Å²) in [6, 6.07) is 5.53. The summed E-state index contributed by atoms with van der Waals surface area (Å²) in [7, 11) is 2.02. The van der Waals surface area contributed by atoms with Gasteiger partial charge in [-0.05, 0) is 48.8 Å². The van der Waals surface area contributed by atoms with Gasteiger partial charge < -0.3 is 9.64 Å². The average Bonchev–Trinajstić information content (AvgIpc) is 2.63. The predicted octanol–water partition coefficient (Wildman–Crippen LogP) is 6.05. The number of ether oxygens (including phenoxy) is 1. The van der Waals surface area contributed by atoms with Crippen LogP contribution in [-0.2, 0) is 9.59 Å². The van der Waals surface area contributed by atoms with Crippen molar-refractivity contribution in [3.05, 3.63) is 51.3 Å². The fraction of sp³-hybridized carbons (Fsp3) is 0.538. The van der Waals surface area contributed by atoms with Crippen molar-refractivity contribution in [3.8, 4) is 5.75 Å². The third-order valence-electron chi connectivity index (χ3n) is 6.76. The van der Waals surface area contributed by atoms with Crippen LogP contribution in [0.15, 0.2) is 40.7 Å². The third kappa shape index (κ3) is 3.84. The molecule has 0 atom stereocenters. The molecular weight excluding hydrogens is 410 g/mol. The van der Waals surface area contributed by atoms with Gasteiger partial charge in [0.05, 0.1) is 6.61 Å². The van der Waals surface area contributed by atoms with E-state index in [0.29, 0.717) is 30.2 Å². The normalized spacial score (nSPS) is 23.1. The number of rotatable bonds is 3. The molecule has 0 aromatic heterocycles. The summed E-state index contributed by atoms with van der Waals surface area (Å²) in [5.74, 6) is 0.508. The van der Waals surface area contributed by atoms with Crippen molar-refractivity contribution in [1.82, 2.24) is 4.90 Å². The van der Waals surface area contributed by atoms with Crippen molar-refractivity contribution in [2.45, 2.75) is 66.2 Å². The first-order chi connectivity index (χ1) is 14.4. The molecule has 0 saturated carbocycles. The molecule has 4 rings (SSSR count). The molecule has 0 fully saturated rings. The molecule has 0 N–H and O–H groups in total. The van der Waals surface area contributed by atoms with E-state index in [9.17, 15) is 9.59 Å². The fourth-order valence-corrected chi connectivity index (χ4v) is 5.69. The molecule has 166 valence electrons. The SMILES string of the molecule is CCOc1ccc(Cl)cc1C1C2=C(CC(C)(C)CC2=O)N(C)C2=C1C(=O)CC(C)(C)C2. The first-order valence-electron chi connectivity index (χ1n) is 11.1. The van der Waals surface area contributed by atoms with Gasteiger partial charge in [-0.15, -0.1) is 0 Å². The van der Waals surface area contributed by atoms with E-state index in [1.807, 2.05) is 26.1 Å². The summed E-state index contributed by atoms with van der Waals surface area (Å²) in [4.78, 5) is 29.2. The molecule has 1 aromatic carbocycles. The van der Waals surface area contributed by atoms with Gasteiger partial charge in [0.1, 0.15) is 5.75 Å². The Kier molecular flexibility index (Phi) is 5.36. The summed E-state index contributed by atoms with van der Waals surface area (Å²) >= 11 is 6.41. The molecule has 0 saturated heterocycles. The number of hydrogen-bond acceptors (Lipinski definition) is 4. The van der Waals surface area contributed by atoms with E-state index in [2.05, 4.69) is 32.6 Å². The van der Waals surface area contributed by atoms with E-state index in [1.54, 1.807) is 6.07 Å². The van der Waals surface area contributed by atoms with Gasteiger partial charge in [-0.2, -0.15) is 0 Å². The smallest absolute Gasteiger partial charge is 0.162 e. The standard InChI is InChI=1S/C26H32ClNO3/c1-7-31-21-9-8-15(27)10-16(21)22-23-17(11-25(2,3)13-19(23)29)28(6)18-12-26(4,5)14-20(30)24(18)22/h8-10,22H,7,11-14H2,1-6H3. The molecule has 0 spiro atoms. The number of hydrogen-bond donors (Lipinski definition) is 0. The molecule has 0 unspecified atom stereocenters. The first-order valence-corrected chi connectivity index (χ1v) is 11.5. The molecule has 0 amide bonds. The summed E-state index contributed by atoms with van der Waals surface area (Å²) in [6.07, 6.45) is 2.56. The minimum absolute atomic E-state index is 0.113. The highest BCUT2D eigenvalue weighted by atomic mass is 35.5. The summed E-state index contributed by atoms with van der Waals surface area (Å²) in [5.41, 5.74) is 4.17. The first kappa shape index (κ1) is 22.1. The molecule has 0 radical (unpaired) electrons. The van der Waals surface area contributed by atoms with Gasteiger partial charge in [-0.1, -0.05) is 39.3 Å². The maximum absolute atomic E-state index is 13.5. The topological polar surface area (TPSA) is 46.6 Å². The second-order valence-corrected chi connectivity index (χ2v) is 11.1. The van der Waals surface area contributed by atoms with E-state index in [4.69, 9.17) is 16.3 Å². The number of carbonyl (C=O) groups is 2. The van der Waals surface area contributed by atoms with Gasteiger partial charge in [0.2, 0.25) is 0 Å². The van der Waals surface area contributed by atoms with Crippen LogP contribution in [0.3, 0.4) is 0 Å². The van der Waals surface area contributed by atoms with Crippen molar-refractivity contribution in [1.29, 1.82) is 0 Å². The number of nitrogens with zero attached hydrogens (tertiary/aromatic N) is 1. The Morgan fingerprint density at radius 2 is 1.48 bits per heavy atom. The molecule has 2 aliphatic carbocycles. The quantitative estimate of drug-likeness (QED) is 0.572. The zero-order chi connectivity index (χ0) is 22.7. The summed E-state index contributed by atoms with van der Waals surface area (Å²) in [6.45, 7) is 11.0. The van der Waals surface area contributed by atoms with Gasteiger partial charge in [0.15, 0.2) is 11.6 Å². The lowest BCUT2D eigenvalue weighted by atomic mass is 9.63. The molecular formula is C26H32ClNO3. The van der Waals surface area contributed by atoms with Crippen molar-refractivity contribution >= 4 is 23.2 Å². The third-order valence-corrected chi connectivity index (χ3v) is 7.00. The Hall–Kier alpha value is -2.07. The van der Waals surface area contributed by atoms with Gasteiger partial charge >= 0.3 is 0 Å². The lowest BCUT2D eigenvalue weighted by Crippen LogP contribution is -2.43. The lowest BCUT2D eigenvalue weighted by molar-refractivity contribution is -0.119. The number of Topliss-reactive ketones (excluding diaryl/α,β-unsaturated/α-hetero) is 2. The molecule has 5 heteroatoms. The van der Waals surface area contributed by atoms with Crippen LogP contribution in [0.5, 0.6) is 5.75 Å². The molecule has 1 aliphatic heterocycles. The van der Waals surface area contributed by atoms with Crippen LogP contribution < -0.4 is 4.74 Å². The highest BCUT2D eigenvalue weighted by Crippen LogP contribution is 2.55. The van der Waals surface area contributed by atoms with Crippen LogP contribution in [0.2, 0.25) is 5.02 Å². The lowest BCUT2D eigenvalue weighted by Gasteiger charge is -2.48. The number of ketones is 2. The van der Waals surface area contributed by atoms with Gasteiger partial charge in [0.25, 0.3) is 0 Å². The molecule has 1 heterocycles. The van der Waals surface area contributed by atoms with E-state index in [1.165, 1.54) is 0 Å².